The molecule has 1 aromatic carbocycles. The minimum atomic E-state index is -3.80. The average Bonchev–Trinajstić information content (AvgIpc) is 3.23. The van der Waals surface area contributed by atoms with Gasteiger partial charge in [0, 0.05) is 11.1 Å². The van der Waals surface area contributed by atoms with Crippen LogP contribution in [0.3, 0.4) is 0 Å². The molecule has 0 radical (unpaired) electrons. The minimum Gasteiger partial charge on any atom is -0.310 e. The highest BCUT2D eigenvalue weighted by Crippen LogP contribution is 2.47. The first-order valence-electron chi connectivity index (χ1n) is 7.29. The number of anilines is 1. The fraction of sp³-hybridized carbons (Fsp3) is 0.250. The quantitative estimate of drug-likeness (QED) is 0.851. The lowest BCUT2D eigenvalue weighted by atomic mass is 10.2. The Morgan fingerprint density at radius 3 is 2.46 bits per heavy atom. The van der Waals surface area contributed by atoms with E-state index >= 15 is 0 Å². The van der Waals surface area contributed by atoms with Crippen LogP contribution >= 0.6 is 11.6 Å². The molecule has 0 aliphatic heterocycles. The van der Waals surface area contributed by atoms with E-state index in [1.165, 1.54) is 24.3 Å². The number of aromatic nitrogens is 2. The summed E-state index contributed by atoms with van der Waals surface area (Å²) in [6.45, 7) is 5.55. The van der Waals surface area contributed by atoms with Crippen LogP contribution in [0.15, 0.2) is 41.8 Å². The predicted molar refractivity (Wildman–Crippen MR) is 92.5 cm³/mol. The number of hydrogen-bond acceptors (Lipinski definition) is 4. The second-order valence-corrected chi connectivity index (χ2v) is 8.55. The number of sulfone groups is 1. The van der Waals surface area contributed by atoms with Gasteiger partial charge < -0.3 is 5.32 Å². The molecule has 1 heterocycles. The molecule has 1 amide bonds. The lowest BCUT2D eigenvalue weighted by Crippen LogP contribution is -2.37. The number of nitrogens with zero attached hydrogens (tertiary/aromatic N) is 1. The van der Waals surface area contributed by atoms with Crippen LogP contribution in [0.5, 0.6) is 0 Å². The van der Waals surface area contributed by atoms with Crippen molar-refractivity contribution in [3.05, 3.63) is 47.6 Å². The van der Waals surface area contributed by atoms with Crippen LogP contribution in [0, 0.1) is 0 Å². The molecule has 1 fully saturated rings. The molecule has 8 heteroatoms. The number of carbonyl (C=O) groups is 1. The van der Waals surface area contributed by atoms with Crippen LogP contribution in [0.4, 0.5) is 5.82 Å². The van der Waals surface area contributed by atoms with Crippen molar-refractivity contribution in [2.45, 2.75) is 29.4 Å². The van der Waals surface area contributed by atoms with Crippen molar-refractivity contribution in [3.8, 4) is 0 Å². The molecule has 0 atom stereocenters. The number of benzene rings is 1. The van der Waals surface area contributed by atoms with Gasteiger partial charge >= 0.3 is 0 Å². The smallest absolute Gasteiger partial charge is 0.247 e. The Morgan fingerprint density at radius 2 is 1.96 bits per heavy atom. The van der Waals surface area contributed by atoms with E-state index in [1.54, 1.807) is 13.0 Å². The Hall–Kier alpha value is -2.12. The predicted octanol–water partition coefficient (Wildman–Crippen LogP) is 3.04. The van der Waals surface area contributed by atoms with Gasteiger partial charge in [0.2, 0.25) is 5.91 Å². The summed E-state index contributed by atoms with van der Waals surface area (Å²) in [7, 11) is -3.80. The summed E-state index contributed by atoms with van der Waals surface area (Å²) in [6.07, 6.45) is 0.566. The maximum atomic E-state index is 12.8. The molecule has 1 aliphatic carbocycles. The second kappa shape index (κ2) is 5.75. The van der Waals surface area contributed by atoms with Gasteiger partial charge in [-0.1, -0.05) is 18.2 Å². The molecule has 1 saturated carbocycles. The summed E-state index contributed by atoms with van der Waals surface area (Å²) in [5.74, 6) is -0.218. The van der Waals surface area contributed by atoms with Crippen LogP contribution in [-0.2, 0) is 14.6 Å². The van der Waals surface area contributed by atoms with E-state index in [0.717, 1.165) is 5.57 Å². The number of allylic oxidation sites excluding steroid dienone is 1. The Labute approximate surface area is 144 Å². The zero-order chi connectivity index (χ0) is 17.5. The van der Waals surface area contributed by atoms with Gasteiger partial charge in [0.15, 0.2) is 14.6 Å². The minimum absolute atomic E-state index is 0.0896. The van der Waals surface area contributed by atoms with Gasteiger partial charge in [0.25, 0.3) is 0 Å². The molecule has 0 saturated heterocycles. The van der Waals surface area contributed by atoms with Crippen molar-refractivity contribution in [3.63, 3.8) is 0 Å². The molecule has 1 aliphatic rings. The van der Waals surface area contributed by atoms with Gasteiger partial charge in [-0.25, -0.2) is 8.42 Å². The number of H-pyrrole nitrogens is 1. The summed E-state index contributed by atoms with van der Waals surface area (Å²) in [5, 5.41) is 9.70. The lowest BCUT2D eigenvalue weighted by Gasteiger charge is -2.15. The van der Waals surface area contributed by atoms with E-state index in [9.17, 15) is 13.2 Å². The molecular formula is C16H16ClN3O3S. The van der Waals surface area contributed by atoms with Crippen molar-refractivity contribution >= 4 is 38.7 Å². The monoisotopic (exact) mass is 365 g/mol. The topological polar surface area (TPSA) is 91.9 Å². The van der Waals surface area contributed by atoms with Crippen molar-refractivity contribution < 1.29 is 13.2 Å². The third-order valence-electron chi connectivity index (χ3n) is 4.02. The third kappa shape index (κ3) is 2.74. The normalized spacial score (nSPS) is 15.8. The molecule has 3 rings (SSSR count). The largest absolute Gasteiger partial charge is 0.310 e. The number of hydrogen-bond donors (Lipinski definition) is 2. The molecule has 0 spiro atoms. The van der Waals surface area contributed by atoms with Gasteiger partial charge in [-0.05, 0) is 49.6 Å². The molecule has 24 heavy (non-hydrogen) atoms. The first-order valence-corrected chi connectivity index (χ1v) is 9.15. The van der Waals surface area contributed by atoms with E-state index in [2.05, 4.69) is 22.1 Å². The highest BCUT2D eigenvalue weighted by Gasteiger charge is 2.61. The van der Waals surface area contributed by atoms with Crippen molar-refractivity contribution in [2.75, 3.05) is 5.32 Å². The SMILES string of the molecule is C=C(C)c1cc(NC(=O)C2(S(=O)(=O)c3ccc(Cl)cc3)CC2)[nH]n1. The molecule has 1 aromatic heterocycles. The van der Waals surface area contributed by atoms with Crippen molar-refractivity contribution in [1.29, 1.82) is 0 Å². The number of nitrogens with one attached hydrogen (secondary N) is 2. The summed E-state index contributed by atoms with van der Waals surface area (Å²) < 4.78 is 24.2. The summed E-state index contributed by atoms with van der Waals surface area (Å²) in [4.78, 5) is 12.7. The molecule has 126 valence electrons. The molecule has 0 bridgehead atoms. The highest BCUT2D eigenvalue weighted by molar-refractivity contribution is 7.94. The van der Waals surface area contributed by atoms with Crippen LogP contribution in [0.1, 0.15) is 25.5 Å². The van der Waals surface area contributed by atoms with E-state index < -0.39 is 20.5 Å². The standard InChI is InChI=1S/C16H16ClN3O3S/c1-10(2)13-9-14(20-19-13)18-15(21)16(7-8-16)24(22,23)12-5-3-11(17)4-6-12/h3-6,9H,1,7-8H2,2H3,(H2,18,19,20,21). The van der Waals surface area contributed by atoms with E-state index in [4.69, 9.17) is 11.6 Å². The van der Waals surface area contributed by atoms with Gasteiger partial charge in [-0.15, -0.1) is 0 Å². The lowest BCUT2D eigenvalue weighted by molar-refractivity contribution is -0.116. The summed E-state index contributed by atoms with van der Waals surface area (Å²) in [5.41, 5.74) is 1.34. The first-order chi connectivity index (χ1) is 11.3. The maximum absolute atomic E-state index is 12.8. The van der Waals surface area contributed by atoms with Gasteiger partial charge in [-0.2, -0.15) is 5.10 Å². The van der Waals surface area contributed by atoms with Crippen molar-refractivity contribution in [2.24, 2.45) is 0 Å². The third-order valence-corrected chi connectivity index (χ3v) is 6.79. The van der Waals surface area contributed by atoms with Crippen LogP contribution < -0.4 is 5.32 Å². The number of amides is 1. The Morgan fingerprint density at radius 1 is 1.33 bits per heavy atom. The van der Waals surface area contributed by atoms with Crippen LogP contribution in [0.2, 0.25) is 5.02 Å². The molecule has 2 aromatic rings. The fourth-order valence-corrected chi connectivity index (χ4v) is 4.42. The zero-order valence-corrected chi connectivity index (χ0v) is 14.5. The van der Waals surface area contributed by atoms with Crippen molar-refractivity contribution in [1.82, 2.24) is 10.2 Å². The van der Waals surface area contributed by atoms with E-state index in [0.29, 0.717) is 16.5 Å². The van der Waals surface area contributed by atoms with Crippen LogP contribution in [0.25, 0.3) is 5.57 Å². The number of halogens is 1. The Balaban J connectivity index is 1.85. The number of rotatable bonds is 5. The molecular weight excluding hydrogens is 350 g/mol. The van der Waals surface area contributed by atoms with Crippen LogP contribution in [-0.4, -0.2) is 29.3 Å². The van der Waals surface area contributed by atoms with Gasteiger partial charge in [0.1, 0.15) is 5.82 Å². The summed E-state index contributed by atoms with van der Waals surface area (Å²) in [6, 6.07) is 7.44. The Kier molecular flexibility index (Phi) is 4.01. The van der Waals surface area contributed by atoms with E-state index in [-0.39, 0.29) is 17.7 Å². The fourth-order valence-electron chi connectivity index (χ4n) is 2.41. The second-order valence-electron chi connectivity index (χ2n) is 5.85. The molecule has 0 unspecified atom stereocenters. The molecule has 6 nitrogen and oxygen atoms in total. The number of carbonyl (C=O) groups excluding carboxylic acids is 1. The first kappa shape index (κ1) is 16.7. The van der Waals surface area contributed by atoms with Gasteiger partial charge in [-0.3, -0.25) is 9.89 Å². The zero-order valence-electron chi connectivity index (χ0n) is 13.0. The van der Waals surface area contributed by atoms with E-state index in [1.807, 2.05) is 0 Å². The van der Waals surface area contributed by atoms with Gasteiger partial charge in [0.05, 0.1) is 10.6 Å². The number of aromatic amines is 1. The Bertz CT molecular complexity index is 912. The maximum Gasteiger partial charge on any atom is 0.247 e. The highest BCUT2D eigenvalue weighted by atomic mass is 35.5. The average molecular weight is 366 g/mol. The molecule has 2 N–H and O–H groups in total. The summed E-state index contributed by atoms with van der Waals surface area (Å²) >= 11 is 5.80.